The fraction of sp³-hybridized carbons (Fsp3) is 0.143. The average molecular weight is 347 g/mol. The third-order valence-electron chi connectivity index (χ3n) is 4.57. The van der Waals surface area contributed by atoms with Crippen LogP contribution in [-0.2, 0) is 13.5 Å². The Balaban J connectivity index is 2.10. The Bertz CT molecular complexity index is 1170. The predicted octanol–water partition coefficient (Wildman–Crippen LogP) is 4.09. The molecule has 0 amide bonds. The minimum Gasteiger partial charge on any atom is -0.281 e. The summed E-state index contributed by atoms with van der Waals surface area (Å²) in [5, 5.41) is 5.70. The normalized spacial score (nSPS) is 11.2. The molecule has 0 N–H and O–H groups in total. The molecule has 0 spiro atoms. The topological polar surface area (TPSA) is 39.8 Å². The summed E-state index contributed by atoms with van der Waals surface area (Å²) in [4.78, 5) is 13.4. The first-order valence-electron chi connectivity index (χ1n) is 8.51. The number of rotatable bonds is 3. The van der Waals surface area contributed by atoms with Crippen molar-refractivity contribution in [2.75, 3.05) is 0 Å². The Morgan fingerprint density at radius 1 is 1.12 bits per heavy atom. The van der Waals surface area contributed by atoms with Gasteiger partial charge in [-0.15, -0.1) is 0 Å². The number of pyridine rings is 1. The lowest BCUT2D eigenvalue weighted by molar-refractivity contribution is 0.626. The Hall–Kier alpha value is -3.21. The van der Waals surface area contributed by atoms with Gasteiger partial charge in [-0.2, -0.15) is 5.10 Å². The quantitative estimate of drug-likeness (QED) is 0.560. The third kappa shape index (κ3) is 2.62. The summed E-state index contributed by atoms with van der Waals surface area (Å²) >= 11 is 0. The highest BCUT2D eigenvalue weighted by Gasteiger charge is 2.15. The zero-order valence-electron chi connectivity index (χ0n) is 14.6. The van der Waals surface area contributed by atoms with Gasteiger partial charge in [-0.1, -0.05) is 31.2 Å². The first-order valence-corrected chi connectivity index (χ1v) is 8.51. The molecule has 0 fully saturated rings. The number of aromatic nitrogens is 3. The average Bonchev–Trinajstić information content (AvgIpc) is 3.07. The molecule has 0 aliphatic heterocycles. The van der Waals surface area contributed by atoms with Gasteiger partial charge < -0.3 is 0 Å². The van der Waals surface area contributed by atoms with Crippen LogP contribution in [0.1, 0.15) is 12.6 Å². The minimum atomic E-state index is -0.364. The number of nitrogens with zero attached hydrogens (tertiary/aromatic N) is 3. The molecule has 0 saturated carbocycles. The second-order valence-electron chi connectivity index (χ2n) is 6.28. The predicted molar refractivity (Wildman–Crippen MR) is 101 cm³/mol. The highest BCUT2D eigenvalue weighted by atomic mass is 19.1. The van der Waals surface area contributed by atoms with Crippen molar-refractivity contribution in [3.05, 3.63) is 82.8 Å². The van der Waals surface area contributed by atoms with Crippen molar-refractivity contribution in [2.24, 2.45) is 7.05 Å². The molecule has 26 heavy (non-hydrogen) atoms. The Morgan fingerprint density at radius 3 is 2.62 bits per heavy atom. The summed E-state index contributed by atoms with van der Waals surface area (Å²) in [6.45, 7) is 1.99. The molecular formula is C21H18FN3O. The molecule has 4 rings (SSSR count). The SMILES string of the molecule is CCc1cc2cccc(-c3cnn(C)c3)c2c(=O)n1-c1cccc(F)c1. The van der Waals surface area contributed by atoms with E-state index in [0.29, 0.717) is 17.5 Å². The van der Waals surface area contributed by atoms with Gasteiger partial charge in [0.15, 0.2) is 0 Å². The van der Waals surface area contributed by atoms with Gasteiger partial charge in [0.2, 0.25) is 0 Å². The largest absolute Gasteiger partial charge is 0.281 e. The third-order valence-corrected chi connectivity index (χ3v) is 4.57. The maximum absolute atomic E-state index is 13.8. The standard InChI is InChI=1S/C21H18FN3O/c1-3-17-10-14-6-4-9-19(15-12-23-24(2)13-15)20(14)21(26)25(17)18-8-5-7-16(22)11-18/h4-13H,3H2,1-2H3. The van der Waals surface area contributed by atoms with Gasteiger partial charge in [-0.25, -0.2) is 4.39 Å². The van der Waals surface area contributed by atoms with E-state index in [0.717, 1.165) is 22.2 Å². The van der Waals surface area contributed by atoms with E-state index in [1.54, 1.807) is 27.6 Å². The highest BCUT2D eigenvalue weighted by molar-refractivity contribution is 5.96. The van der Waals surface area contributed by atoms with E-state index < -0.39 is 0 Å². The van der Waals surface area contributed by atoms with E-state index in [1.807, 2.05) is 44.4 Å². The Labute approximate surface area is 150 Å². The van der Waals surface area contributed by atoms with Crippen molar-refractivity contribution >= 4 is 10.8 Å². The van der Waals surface area contributed by atoms with Gasteiger partial charge in [0.25, 0.3) is 5.56 Å². The first kappa shape index (κ1) is 16.3. The number of aryl methyl sites for hydroxylation is 2. The number of benzene rings is 2. The van der Waals surface area contributed by atoms with Crippen molar-refractivity contribution in [1.29, 1.82) is 0 Å². The number of halogens is 1. The summed E-state index contributed by atoms with van der Waals surface area (Å²) in [6.07, 6.45) is 4.29. The molecule has 0 bridgehead atoms. The van der Waals surface area contributed by atoms with E-state index in [-0.39, 0.29) is 11.4 Å². The molecule has 0 atom stereocenters. The van der Waals surface area contributed by atoms with Gasteiger partial charge >= 0.3 is 0 Å². The summed E-state index contributed by atoms with van der Waals surface area (Å²) in [5.74, 6) is -0.364. The van der Waals surface area contributed by atoms with Gasteiger partial charge in [-0.05, 0) is 41.6 Å². The van der Waals surface area contributed by atoms with Gasteiger partial charge in [0, 0.05) is 24.5 Å². The first-order chi connectivity index (χ1) is 12.6. The monoisotopic (exact) mass is 347 g/mol. The van der Waals surface area contributed by atoms with Gasteiger partial charge in [0.1, 0.15) is 5.82 Å². The maximum Gasteiger partial charge on any atom is 0.263 e. The molecule has 130 valence electrons. The summed E-state index contributed by atoms with van der Waals surface area (Å²) in [5.41, 5.74) is 2.94. The van der Waals surface area contributed by atoms with E-state index >= 15 is 0 Å². The fourth-order valence-corrected chi connectivity index (χ4v) is 3.37. The van der Waals surface area contributed by atoms with Crippen LogP contribution < -0.4 is 5.56 Å². The minimum absolute atomic E-state index is 0.149. The number of hydrogen-bond donors (Lipinski definition) is 0. The molecule has 5 heteroatoms. The fourth-order valence-electron chi connectivity index (χ4n) is 3.37. The summed E-state index contributed by atoms with van der Waals surface area (Å²) in [7, 11) is 1.84. The second-order valence-corrected chi connectivity index (χ2v) is 6.28. The molecule has 0 unspecified atom stereocenters. The summed E-state index contributed by atoms with van der Waals surface area (Å²) < 4.78 is 17.1. The Morgan fingerprint density at radius 2 is 1.92 bits per heavy atom. The van der Waals surface area contributed by atoms with Gasteiger partial charge in [-0.3, -0.25) is 14.0 Å². The van der Waals surface area contributed by atoms with Crippen LogP contribution >= 0.6 is 0 Å². The number of fused-ring (bicyclic) bond motifs is 1. The van der Waals surface area contributed by atoms with E-state index in [2.05, 4.69) is 5.10 Å². The van der Waals surface area contributed by atoms with Crippen molar-refractivity contribution in [3.8, 4) is 16.8 Å². The van der Waals surface area contributed by atoms with Crippen molar-refractivity contribution < 1.29 is 4.39 Å². The Kier molecular flexibility index (Phi) is 3.92. The lowest BCUT2D eigenvalue weighted by Gasteiger charge is -2.15. The van der Waals surface area contributed by atoms with Crippen LogP contribution in [0.5, 0.6) is 0 Å². The van der Waals surface area contributed by atoms with E-state index in [4.69, 9.17) is 0 Å². The zero-order valence-corrected chi connectivity index (χ0v) is 14.6. The van der Waals surface area contributed by atoms with E-state index in [9.17, 15) is 9.18 Å². The molecular weight excluding hydrogens is 329 g/mol. The molecule has 0 saturated heterocycles. The van der Waals surface area contributed by atoms with Crippen molar-refractivity contribution in [3.63, 3.8) is 0 Å². The number of hydrogen-bond acceptors (Lipinski definition) is 2. The van der Waals surface area contributed by atoms with Crippen LogP contribution in [0.15, 0.2) is 65.7 Å². The smallest absolute Gasteiger partial charge is 0.263 e. The van der Waals surface area contributed by atoms with Gasteiger partial charge in [0.05, 0.1) is 17.3 Å². The lowest BCUT2D eigenvalue weighted by atomic mass is 10.0. The molecule has 0 radical (unpaired) electrons. The summed E-state index contributed by atoms with van der Waals surface area (Å²) in [6, 6.07) is 13.9. The molecule has 0 aliphatic rings. The van der Waals surface area contributed by atoms with Crippen LogP contribution in [0.3, 0.4) is 0 Å². The van der Waals surface area contributed by atoms with Crippen LogP contribution in [0.25, 0.3) is 27.6 Å². The second kappa shape index (κ2) is 6.26. The van der Waals surface area contributed by atoms with Crippen molar-refractivity contribution in [1.82, 2.24) is 14.3 Å². The molecule has 2 heterocycles. The molecule has 4 aromatic rings. The maximum atomic E-state index is 13.8. The van der Waals surface area contributed by atoms with Crippen LogP contribution in [0.4, 0.5) is 4.39 Å². The van der Waals surface area contributed by atoms with Crippen LogP contribution in [0.2, 0.25) is 0 Å². The molecule has 2 aromatic carbocycles. The lowest BCUT2D eigenvalue weighted by Crippen LogP contribution is -2.22. The van der Waals surface area contributed by atoms with Crippen molar-refractivity contribution in [2.45, 2.75) is 13.3 Å². The van der Waals surface area contributed by atoms with E-state index in [1.165, 1.54) is 12.1 Å². The highest BCUT2D eigenvalue weighted by Crippen LogP contribution is 2.27. The van der Waals surface area contributed by atoms with Crippen LogP contribution in [-0.4, -0.2) is 14.3 Å². The zero-order chi connectivity index (χ0) is 18.3. The molecule has 4 nitrogen and oxygen atoms in total. The van der Waals surface area contributed by atoms with Crippen LogP contribution in [0, 0.1) is 5.82 Å². The molecule has 2 aromatic heterocycles. The molecule has 0 aliphatic carbocycles.